The monoisotopic (exact) mass is 280 g/mol. The fraction of sp³-hybridized carbons (Fsp3) is 0.364. The fourth-order valence-electron chi connectivity index (χ4n) is 1.20. The van der Waals surface area contributed by atoms with Crippen LogP contribution in [-0.4, -0.2) is 31.3 Å². The first-order valence-electron chi connectivity index (χ1n) is 5.54. The van der Waals surface area contributed by atoms with Crippen LogP contribution in [0.25, 0.3) is 0 Å². The molecule has 2 heterocycles. The summed E-state index contributed by atoms with van der Waals surface area (Å²) in [4.78, 5) is 23.7. The van der Waals surface area contributed by atoms with E-state index >= 15 is 0 Å². The van der Waals surface area contributed by atoms with Crippen molar-refractivity contribution < 1.29 is 14.1 Å². The first-order valence-corrected chi connectivity index (χ1v) is 6.42. The molecule has 2 rings (SSSR count). The first-order chi connectivity index (χ1) is 9.15. The molecule has 0 N–H and O–H groups in total. The van der Waals surface area contributed by atoms with E-state index in [-0.39, 0.29) is 18.5 Å². The van der Waals surface area contributed by atoms with E-state index in [0.717, 1.165) is 0 Å². The standard InChI is InChI=1S/C11H12N4O3S/c1-7(19-11-12-4-3-5-13-11)10(16)17-6-9-14-8(2)15-18-9/h3-5,7H,6H2,1-2H3/t7-/m1/s1. The molecule has 100 valence electrons. The summed E-state index contributed by atoms with van der Waals surface area (Å²) in [6.45, 7) is 3.39. The molecule has 2 aromatic heterocycles. The van der Waals surface area contributed by atoms with Crippen molar-refractivity contribution in [1.82, 2.24) is 20.1 Å². The molecule has 0 bridgehead atoms. The molecule has 19 heavy (non-hydrogen) atoms. The van der Waals surface area contributed by atoms with Crippen LogP contribution in [-0.2, 0) is 16.1 Å². The van der Waals surface area contributed by atoms with Crippen LogP contribution in [0.2, 0.25) is 0 Å². The van der Waals surface area contributed by atoms with E-state index in [9.17, 15) is 4.79 Å². The van der Waals surface area contributed by atoms with Crippen molar-refractivity contribution in [2.24, 2.45) is 0 Å². The molecule has 0 saturated carbocycles. The lowest BCUT2D eigenvalue weighted by Crippen LogP contribution is -2.17. The van der Waals surface area contributed by atoms with Gasteiger partial charge < -0.3 is 9.26 Å². The van der Waals surface area contributed by atoms with Crippen LogP contribution in [0.3, 0.4) is 0 Å². The molecule has 8 heteroatoms. The van der Waals surface area contributed by atoms with Crippen molar-refractivity contribution in [3.05, 3.63) is 30.2 Å². The fourth-order valence-corrected chi connectivity index (χ4v) is 1.93. The Morgan fingerprint density at radius 3 is 2.84 bits per heavy atom. The number of hydrogen-bond donors (Lipinski definition) is 0. The topological polar surface area (TPSA) is 91.0 Å². The van der Waals surface area contributed by atoms with E-state index in [4.69, 9.17) is 9.26 Å². The van der Waals surface area contributed by atoms with Gasteiger partial charge in [0.05, 0.1) is 0 Å². The van der Waals surface area contributed by atoms with Gasteiger partial charge >= 0.3 is 5.97 Å². The average Bonchev–Trinajstić information content (AvgIpc) is 2.83. The van der Waals surface area contributed by atoms with Gasteiger partial charge in [0.25, 0.3) is 5.89 Å². The molecular formula is C11H12N4O3S. The largest absolute Gasteiger partial charge is 0.455 e. The maximum absolute atomic E-state index is 11.7. The van der Waals surface area contributed by atoms with Crippen LogP contribution in [0.4, 0.5) is 0 Å². The smallest absolute Gasteiger partial charge is 0.319 e. The van der Waals surface area contributed by atoms with Crippen LogP contribution in [0.15, 0.2) is 28.1 Å². The quantitative estimate of drug-likeness (QED) is 0.461. The van der Waals surface area contributed by atoms with Gasteiger partial charge in [-0.05, 0) is 19.9 Å². The lowest BCUT2D eigenvalue weighted by atomic mass is 10.5. The number of ether oxygens (including phenoxy) is 1. The van der Waals surface area contributed by atoms with E-state index in [2.05, 4.69) is 20.1 Å². The Morgan fingerprint density at radius 1 is 1.47 bits per heavy atom. The Labute approximate surface area is 113 Å². The number of aryl methyl sites for hydroxylation is 1. The molecule has 0 aliphatic heterocycles. The zero-order valence-corrected chi connectivity index (χ0v) is 11.3. The summed E-state index contributed by atoms with van der Waals surface area (Å²) < 4.78 is 9.91. The minimum atomic E-state index is -0.411. The molecule has 0 aliphatic carbocycles. The van der Waals surface area contributed by atoms with Gasteiger partial charge in [-0.3, -0.25) is 4.79 Å². The van der Waals surface area contributed by atoms with Gasteiger partial charge in [0.2, 0.25) is 0 Å². The molecular weight excluding hydrogens is 268 g/mol. The number of aromatic nitrogens is 4. The molecule has 0 aliphatic rings. The van der Waals surface area contributed by atoms with Gasteiger partial charge in [0, 0.05) is 12.4 Å². The predicted octanol–water partition coefficient (Wildman–Crippen LogP) is 1.39. The molecule has 1 atom stereocenters. The summed E-state index contributed by atoms with van der Waals surface area (Å²) >= 11 is 1.23. The van der Waals surface area contributed by atoms with Gasteiger partial charge in [-0.25, -0.2) is 9.97 Å². The van der Waals surface area contributed by atoms with Gasteiger partial charge in [0.1, 0.15) is 5.25 Å². The number of thioether (sulfide) groups is 1. The zero-order chi connectivity index (χ0) is 13.7. The summed E-state index contributed by atoms with van der Waals surface area (Å²) in [5.74, 6) is 0.401. The molecule has 0 saturated heterocycles. The highest BCUT2D eigenvalue weighted by Crippen LogP contribution is 2.19. The van der Waals surface area contributed by atoms with Crippen molar-refractivity contribution >= 4 is 17.7 Å². The van der Waals surface area contributed by atoms with E-state index in [1.54, 1.807) is 32.3 Å². The van der Waals surface area contributed by atoms with Crippen molar-refractivity contribution in [2.75, 3.05) is 0 Å². The minimum absolute atomic E-state index is 0.0276. The van der Waals surface area contributed by atoms with Gasteiger partial charge in [-0.15, -0.1) is 0 Å². The molecule has 0 aromatic carbocycles. The molecule has 0 fully saturated rings. The Kier molecular flexibility index (Phi) is 4.45. The second kappa shape index (κ2) is 6.28. The summed E-state index contributed by atoms with van der Waals surface area (Å²) in [6, 6.07) is 1.71. The van der Waals surface area contributed by atoms with Crippen molar-refractivity contribution in [1.29, 1.82) is 0 Å². The highest BCUT2D eigenvalue weighted by molar-refractivity contribution is 8.00. The molecule has 0 amide bonds. The molecule has 0 spiro atoms. The SMILES string of the molecule is Cc1noc(COC(=O)[C@@H](C)Sc2ncccn2)n1. The Morgan fingerprint density at radius 2 is 2.21 bits per heavy atom. The van der Waals surface area contributed by atoms with Crippen LogP contribution in [0.5, 0.6) is 0 Å². The first kappa shape index (κ1) is 13.5. The second-order valence-corrected chi connectivity index (χ2v) is 4.94. The number of esters is 1. The van der Waals surface area contributed by atoms with Gasteiger partial charge in [-0.2, -0.15) is 4.98 Å². The van der Waals surface area contributed by atoms with Crippen molar-refractivity contribution in [3.63, 3.8) is 0 Å². The normalized spacial score (nSPS) is 12.1. The predicted molar refractivity (Wildman–Crippen MR) is 66.2 cm³/mol. The van der Waals surface area contributed by atoms with E-state index in [1.807, 2.05) is 0 Å². The molecule has 2 aromatic rings. The molecule has 7 nitrogen and oxygen atoms in total. The number of hydrogen-bond acceptors (Lipinski definition) is 8. The maximum Gasteiger partial charge on any atom is 0.319 e. The van der Waals surface area contributed by atoms with Crippen LogP contribution in [0, 0.1) is 6.92 Å². The van der Waals surface area contributed by atoms with E-state index in [0.29, 0.717) is 11.0 Å². The lowest BCUT2D eigenvalue weighted by Gasteiger charge is -2.08. The Bertz CT molecular complexity index is 546. The summed E-state index contributed by atoms with van der Waals surface area (Å²) in [7, 11) is 0. The van der Waals surface area contributed by atoms with Gasteiger partial charge in [-0.1, -0.05) is 16.9 Å². The van der Waals surface area contributed by atoms with Crippen molar-refractivity contribution in [2.45, 2.75) is 30.9 Å². The Hall–Kier alpha value is -1.96. The van der Waals surface area contributed by atoms with Crippen LogP contribution >= 0.6 is 11.8 Å². The van der Waals surface area contributed by atoms with Crippen LogP contribution in [0.1, 0.15) is 18.6 Å². The summed E-state index contributed by atoms with van der Waals surface area (Å²) in [6.07, 6.45) is 3.24. The number of carbonyl (C=O) groups is 1. The third kappa shape index (κ3) is 4.02. The minimum Gasteiger partial charge on any atom is -0.455 e. The van der Waals surface area contributed by atoms with E-state index < -0.39 is 5.25 Å². The lowest BCUT2D eigenvalue weighted by molar-refractivity contribution is -0.144. The third-order valence-electron chi connectivity index (χ3n) is 2.06. The van der Waals surface area contributed by atoms with Gasteiger partial charge in [0.15, 0.2) is 17.6 Å². The maximum atomic E-state index is 11.7. The van der Waals surface area contributed by atoms with Crippen LogP contribution < -0.4 is 0 Å². The summed E-state index contributed by atoms with van der Waals surface area (Å²) in [5, 5.41) is 3.72. The zero-order valence-electron chi connectivity index (χ0n) is 10.4. The number of carbonyl (C=O) groups excluding carboxylic acids is 1. The van der Waals surface area contributed by atoms with Crippen molar-refractivity contribution in [3.8, 4) is 0 Å². The summed E-state index contributed by atoms with van der Waals surface area (Å²) in [5.41, 5.74) is 0. The second-order valence-electron chi connectivity index (χ2n) is 3.63. The number of rotatable bonds is 5. The number of nitrogens with zero attached hydrogens (tertiary/aromatic N) is 4. The van der Waals surface area contributed by atoms with E-state index in [1.165, 1.54) is 11.8 Å². The Balaban J connectivity index is 1.82. The molecule has 0 unspecified atom stereocenters. The average molecular weight is 280 g/mol. The highest BCUT2D eigenvalue weighted by Gasteiger charge is 2.18. The highest BCUT2D eigenvalue weighted by atomic mass is 32.2. The third-order valence-corrected chi connectivity index (χ3v) is 3.03. The molecule has 0 radical (unpaired) electrons.